The van der Waals surface area contributed by atoms with Crippen LogP contribution in [0.1, 0.15) is 56.7 Å². The first-order chi connectivity index (χ1) is 9.71. The molecule has 1 N–H and O–H groups in total. The molecule has 2 fully saturated rings. The summed E-state index contributed by atoms with van der Waals surface area (Å²) in [5.74, 6) is 0. The maximum Gasteiger partial charge on any atom is 0.0779 e. The summed E-state index contributed by atoms with van der Waals surface area (Å²) in [5.41, 5.74) is 2.68. The van der Waals surface area contributed by atoms with E-state index in [2.05, 4.69) is 35.1 Å². The van der Waals surface area contributed by atoms with Gasteiger partial charge in [0.1, 0.15) is 0 Å². The normalized spacial score (nSPS) is 24.8. The highest BCUT2D eigenvalue weighted by atomic mass is 16.5. The molecular formula is C16H27N3O. The smallest absolute Gasteiger partial charge is 0.0779 e. The van der Waals surface area contributed by atoms with Gasteiger partial charge in [0.05, 0.1) is 23.9 Å². The Hall–Kier alpha value is -0.870. The van der Waals surface area contributed by atoms with Crippen molar-refractivity contribution in [3.8, 4) is 0 Å². The molecule has 1 saturated carbocycles. The zero-order chi connectivity index (χ0) is 14.0. The molecule has 0 radical (unpaired) electrons. The highest BCUT2D eigenvalue weighted by molar-refractivity contribution is 5.15. The molecule has 112 valence electrons. The predicted octanol–water partition coefficient (Wildman–Crippen LogP) is 2.79. The summed E-state index contributed by atoms with van der Waals surface area (Å²) in [6, 6.07) is 0. The predicted molar refractivity (Wildman–Crippen MR) is 79.7 cm³/mol. The maximum absolute atomic E-state index is 6.37. The molecule has 4 nitrogen and oxygen atoms in total. The quantitative estimate of drug-likeness (QED) is 0.899. The van der Waals surface area contributed by atoms with Gasteiger partial charge in [-0.1, -0.05) is 19.8 Å². The third kappa shape index (κ3) is 2.91. The van der Waals surface area contributed by atoms with Crippen LogP contribution in [0, 0.1) is 6.92 Å². The SMILES string of the molecule is CCNCc1cn(CC2CCC3(CCCC3)O2)nc1C. The van der Waals surface area contributed by atoms with Gasteiger partial charge in [0.15, 0.2) is 0 Å². The summed E-state index contributed by atoms with van der Waals surface area (Å²) in [5, 5.41) is 8.01. The number of nitrogens with zero attached hydrogens (tertiary/aromatic N) is 2. The Balaban J connectivity index is 1.58. The first-order valence-electron chi connectivity index (χ1n) is 8.12. The second-order valence-corrected chi connectivity index (χ2v) is 6.41. The second-order valence-electron chi connectivity index (χ2n) is 6.41. The van der Waals surface area contributed by atoms with Crippen molar-refractivity contribution < 1.29 is 4.74 Å². The topological polar surface area (TPSA) is 39.1 Å². The lowest BCUT2D eigenvalue weighted by Gasteiger charge is -2.23. The van der Waals surface area contributed by atoms with Crippen molar-refractivity contribution in [2.75, 3.05) is 6.54 Å². The zero-order valence-corrected chi connectivity index (χ0v) is 12.8. The average molecular weight is 277 g/mol. The molecule has 4 heteroatoms. The van der Waals surface area contributed by atoms with Gasteiger partial charge in [0.2, 0.25) is 0 Å². The summed E-state index contributed by atoms with van der Waals surface area (Å²) in [4.78, 5) is 0. The lowest BCUT2D eigenvalue weighted by Crippen LogP contribution is -2.26. The molecule has 1 aliphatic carbocycles. The van der Waals surface area contributed by atoms with Gasteiger partial charge in [0, 0.05) is 18.3 Å². The molecular weight excluding hydrogens is 250 g/mol. The van der Waals surface area contributed by atoms with Crippen LogP contribution in [0.25, 0.3) is 0 Å². The third-order valence-corrected chi connectivity index (χ3v) is 4.86. The molecule has 1 unspecified atom stereocenters. The van der Waals surface area contributed by atoms with E-state index in [1.54, 1.807) is 0 Å². The Bertz CT molecular complexity index is 449. The van der Waals surface area contributed by atoms with Crippen molar-refractivity contribution in [3.05, 3.63) is 17.5 Å². The van der Waals surface area contributed by atoms with Crippen LogP contribution in [0.2, 0.25) is 0 Å². The van der Waals surface area contributed by atoms with E-state index >= 15 is 0 Å². The van der Waals surface area contributed by atoms with Crippen LogP contribution in [0.15, 0.2) is 6.20 Å². The minimum Gasteiger partial charge on any atom is -0.370 e. The number of ether oxygens (including phenoxy) is 1. The van der Waals surface area contributed by atoms with Gasteiger partial charge in [-0.25, -0.2) is 0 Å². The highest BCUT2D eigenvalue weighted by Gasteiger charge is 2.42. The molecule has 3 rings (SSSR count). The Labute approximate surface area is 121 Å². The molecule has 1 aromatic rings. The standard InChI is InChI=1S/C16H27N3O/c1-3-17-10-14-11-19(18-13(14)2)12-15-6-9-16(20-15)7-4-5-8-16/h11,15,17H,3-10,12H2,1-2H3. The molecule has 1 aliphatic heterocycles. The zero-order valence-electron chi connectivity index (χ0n) is 12.8. The molecule has 2 heterocycles. The van der Waals surface area contributed by atoms with Gasteiger partial charge < -0.3 is 10.1 Å². The monoisotopic (exact) mass is 277 g/mol. The maximum atomic E-state index is 6.37. The van der Waals surface area contributed by atoms with Crippen molar-refractivity contribution in [1.29, 1.82) is 0 Å². The Kier molecular flexibility index (Phi) is 4.13. The molecule has 20 heavy (non-hydrogen) atoms. The fraction of sp³-hybridized carbons (Fsp3) is 0.812. The Morgan fingerprint density at radius 1 is 1.40 bits per heavy atom. The first kappa shape index (κ1) is 14.1. The minimum absolute atomic E-state index is 0.236. The van der Waals surface area contributed by atoms with Crippen LogP contribution in [-0.4, -0.2) is 28.0 Å². The number of hydrogen-bond acceptors (Lipinski definition) is 3. The number of rotatable bonds is 5. The fourth-order valence-electron chi connectivity index (χ4n) is 3.71. The van der Waals surface area contributed by atoms with E-state index in [-0.39, 0.29) is 5.60 Å². The van der Waals surface area contributed by atoms with E-state index in [1.807, 2.05) is 0 Å². The van der Waals surface area contributed by atoms with Gasteiger partial charge in [-0.05, 0) is 39.2 Å². The van der Waals surface area contributed by atoms with Gasteiger partial charge >= 0.3 is 0 Å². The number of hydrogen-bond donors (Lipinski definition) is 1. The molecule has 0 amide bonds. The van der Waals surface area contributed by atoms with E-state index in [4.69, 9.17) is 4.74 Å². The molecule has 2 aliphatic rings. The molecule has 0 aromatic carbocycles. The average Bonchev–Trinajstić information content (AvgIpc) is 3.12. The van der Waals surface area contributed by atoms with Crippen molar-refractivity contribution in [3.63, 3.8) is 0 Å². The van der Waals surface area contributed by atoms with Crippen molar-refractivity contribution in [2.24, 2.45) is 0 Å². The second kappa shape index (κ2) is 5.86. The summed E-state index contributed by atoms with van der Waals surface area (Å²) >= 11 is 0. The van der Waals surface area contributed by atoms with Crippen molar-refractivity contribution in [1.82, 2.24) is 15.1 Å². The third-order valence-electron chi connectivity index (χ3n) is 4.86. The highest BCUT2D eigenvalue weighted by Crippen LogP contribution is 2.43. The van der Waals surface area contributed by atoms with Crippen LogP contribution in [0.4, 0.5) is 0 Å². The summed E-state index contributed by atoms with van der Waals surface area (Å²) in [6.45, 7) is 7.05. The van der Waals surface area contributed by atoms with E-state index in [9.17, 15) is 0 Å². The van der Waals surface area contributed by atoms with E-state index < -0.39 is 0 Å². The van der Waals surface area contributed by atoms with E-state index in [0.29, 0.717) is 6.10 Å². The van der Waals surface area contributed by atoms with Crippen molar-refractivity contribution >= 4 is 0 Å². The minimum atomic E-state index is 0.236. The van der Waals surface area contributed by atoms with Crippen LogP contribution >= 0.6 is 0 Å². The molecule has 0 bridgehead atoms. The number of aromatic nitrogens is 2. The largest absolute Gasteiger partial charge is 0.370 e. The van der Waals surface area contributed by atoms with E-state index in [1.165, 1.54) is 44.1 Å². The van der Waals surface area contributed by atoms with Crippen molar-refractivity contribution in [2.45, 2.75) is 77.2 Å². The van der Waals surface area contributed by atoms with Gasteiger partial charge in [0.25, 0.3) is 0 Å². The van der Waals surface area contributed by atoms with E-state index in [0.717, 1.165) is 25.3 Å². The van der Waals surface area contributed by atoms with Gasteiger partial charge in [-0.3, -0.25) is 4.68 Å². The Morgan fingerprint density at radius 3 is 2.95 bits per heavy atom. The van der Waals surface area contributed by atoms with Crippen LogP contribution in [-0.2, 0) is 17.8 Å². The molecule has 1 atom stereocenters. The summed E-state index contributed by atoms with van der Waals surface area (Å²) < 4.78 is 8.45. The first-order valence-corrected chi connectivity index (χ1v) is 8.12. The molecule has 1 saturated heterocycles. The lowest BCUT2D eigenvalue weighted by molar-refractivity contribution is -0.0429. The van der Waals surface area contributed by atoms with Crippen LogP contribution in [0.5, 0.6) is 0 Å². The summed E-state index contributed by atoms with van der Waals surface area (Å²) in [7, 11) is 0. The molecule has 1 spiro atoms. The number of nitrogens with one attached hydrogen (secondary N) is 1. The lowest BCUT2D eigenvalue weighted by atomic mass is 9.98. The Morgan fingerprint density at radius 2 is 2.20 bits per heavy atom. The fourth-order valence-corrected chi connectivity index (χ4v) is 3.71. The summed E-state index contributed by atoms with van der Waals surface area (Å²) in [6.07, 6.45) is 10.2. The van der Waals surface area contributed by atoms with Gasteiger partial charge in [-0.15, -0.1) is 0 Å². The van der Waals surface area contributed by atoms with Crippen LogP contribution < -0.4 is 5.32 Å². The molecule has 1 aromatic heterocycles. The number of aryl methyl sites for hydroxylation is 1. The van der Waals surface area contributed by atoms with Gasteiger partial charge in [-0.2, -0.15) is 5.10 Å². The van der Waals surface area contributed by atoms with Crippen LogP contribution in [0.3, 0.4) is 0 Å².